The highest BCUT2D eigenvalue weighted by Crippen LogP contribution is 2.05. The van der Waals surface area contributed by atoms with Gasteiger partial charge < -0.3 is 10.0 Å². The lowest BCUT2D eigenvalue weighted by atomic mass is 10.1. The van der Waals surface area contributed by atoms with Crippen molar-refractivity contribution in [2.24, 2.45) is 0 Å². The molecule has 0 saturated heterocycles. The van der Waals surface area contributed by atoms with Crippen LogP contribution in [0.1, 0.15) is 22.8 Å². The summed E-state index contributed by atoms with van der Waals surface area (Å²) in [6.45, 7) is 2.16. The Morgan fingerprint density at radius 1 is 1.25 bits per heavy atom. The van der Waals surface area contributed by atoms with Gasteiger partial charge in [0.05, 0.1) is 5.56 Å². The highest BCUT2D eigenvalue weighted by atomic mass is 16.4. The summed E-state index contributed by atoms with van der Waals surface area (Å²) >= 11 is 0. The van der Waals surface area contributed by atoms with Crippen molar-refractivity contribution in [3.8, 4) is 0 Å². The van der Waals surface area contributed by atoms with Gasteiger partial charge in [-0.2, -0.15) is 0 Å². The third kappa shape index (κ3) is 3.38. The lowest BCUT2D eigenvalue weighted by molar-refractivity contribution is -0.127. The molecule has 0 aliphatic carbocycles. The summed E-state index contributed by atoms with van der Waals surface area (Å²) < 4.78 is 0. The molecular formula is C12H15NO3. The molecule has 0 fully saturated rings. The van der Waals surface area contributed by atoms with Gasteiger partial charge in [0, 0.05) is 20.5 Å². The van der Waals surface area contributed by atoms with E-state index >= 15 is 0 Å². The van der Waals surface area contributed by atoms with E-state index in [1.54, 1.807) is 36.2 Å². The maximum absolute atomic E-state index is 11.0. The zero-order chi connectivity index (χ0) is 12.1. The molecule has 1 amide bonds. The smallest absolute Gasteiger partial charge is 0.335 e. The number of amides is 1. The normalized spacial score (nSPS) is 9.88. The Kier molecular flexibility index (Phi) is 4.05. The van der Waals surface area contributed by atoms with Crippen molar-refractivity contribution in [2.45, 2.75) is 13.3 Å². The molecule has 16 heavy (non-hydrogen) atoms. The first-order valence-electron chi connectivity index (χ1n) is 5.04. The molecule has 0 aliphatic heterocycles. The highest BCUT2D eigenvalue weighted by molar-refractivity contribution is 5.87. The molecule has 1 aromatic carbocycles. The number of carbonyl (C=O) groups is 2. The fourth-order valence-corrected chi connectivity index (χ4v) is 1.27. The Bertz CT molecular complexity index is 384. The molecule has 0 aromatic heterocycles. The molecule has 1 aromatic rings. The summed E-state index contributed by atoms with van der Waals surface area (Å²) in [6.07, 6.45) is 0.732. The fourth-order valence-electron chi connectivity index (χ4n) is 1.27. The minimum absolute atomic E-state index is 0.0298. The second kappa shape index (κ2) is 5.30. The van der Waals surface area contributed by atoms with Gasteiger partial charge in [-0.1, -0.05) is 12.1 Å². The molecule has 0 radical (unpaired) electrons. The number of carboxylic acids is 1. The first-order chi connectivity index (χ1) is 7.50. The van der Waals surface area contributed by atoms with Gasteiger partial charge in [0.15, 0.2) is 0 Å². The van der Waals surface area contributed by atoms with Gasteiger partial charge in [-0.15, -0.1) is 0 Å². The number of likely N-dealkylation sites (N-methyl/N-ethyl adjacent to an activating group) is 1. The van der Waals surface area contributed by atoms with E-state index in [-0.39, 0.29) is 11.5 Å². The number of nitrogens with zero attached hydrogens (tertiary/aromatic N) is 1. The van der Waals surface area contributed by atoms with Crippen LogP contribution >= 0.6 is 0 Å². The van der Waals surface area contributed by atoms with Crippen molar-refractivity contribution < 1.29 is 14.7 Å². The molecular weight excluding hydrogens is 206 g/mol. The van der Waals surface area contributed by atoms with Crippen LogP contribution in [0, 0.1) is 0 Å². The predicted molar refractivity (Wildman–Crippen MR) is 60.4 cm³/mol. The van der Waals surface area contributed by atoms with E-state index in [0.717, 1.165) is 12.0 Å². The molecule has 1 N–H and O–H groups in total. The number of carbonyl (C=O) groups excluding carboxylic acids is 1. The minimum Gasteiger partial charge on any atom is -0.478 e. The van der Waals surface area contributed by atoms with Crippen molar-refractivity contribution in [1.82, 2.24) is 4.90 Å². The van der Waals surface area contributed by atoms with Gasteiger partial charge >= 0.3 is 5.97 Å². The molecule has 0 heterocycles. The Morgan fingerprint density at radius 3 is 2.25 bits per heavy atom. The van der Waals surface area contributed by atoms with Crippen LogP contribution in [0.3, 0.4) is 0 Å². The lowest BCUT2D eigenvalue weighted by Gasteiger charge is -2.14. The average Bonchev–Trinajstić information content (AvgIpc) is 2.26. The summed E-state index contributed by atoms with van der Waals surface area (Å²) in [5, 5.41) is 8.71. The maximum Gasteiger partial charge on any atom is 0.335 e. The standard InChI is InChI=1S/C12H15NO3/c1-9(14)13(2)8-7-10-3-5-11(6-4-10)12(15)16/h3-6H,7-8H2,1-2H3,(H,15,16). The molecule has 0 spiro atoms. The van der Waals surface area contributed by atoms with E-state index in [4.69, 9.17) is 5.11 Å². The van der Waals surface area contributed by atoms with Gasteiger partial charge in [-0.25, -0.2) is 4.79 Å². The number of aromatic carboxylic acids is 1. The van der Waals surface area contributed by atoms with Crippen LogP contribution < -0.4 is 0 Å². The lowest BCUT2D eigenvalue weighted by Crippen LogP contribution is -2.26. The molecule has 0 bridgehead atoms. The van der Waals surface area contributed by atoms with Crippen LogP contribution in [-0.2, 0) is 11.2 Å². The van der Waals surface area contributed by atoms with Gasteiger partial charge in [0.2, 0.25) is 5.91 Å². The Morgan fingerprint density at radius 2 is 1.81 bits per heavy atom. The van der Waals surface area contributed by atoms with Crippen LogP contribution in [0.4, 0.5) is 0 Å². The largest absolute Gasteiger partial charge is 0.478 e. The van der Waals surface area contributed by atoms with E-state index < -0.39 is 5.97 Å². The number of carboxylic acid groups (broad SMARTS) is 1. The monoisotopic (exact) mass is 221 g/mol. The average molecular weight is 221 g/mol. The third-order valence-electron chi connectivity index (χ3n) is 2.47. The number of hydrogen-bond donors (Lipinski definition) is 1. The van der Waals surface area contributed by atoms with Crippen molar-refractivity contribution in [3.63, 3.8) is 0 Å². The summed E-state index contributed by atoms with van der Waals surface area (Å²) in [5.74, 6) is -0.894. The van der Waals surface area contributed by atoms with Crippen LogP contribution in [0.2, 0.25) is 0 Å². The van der Waals surface area contributed by atoms with E-state index in [1.165, 1.54) is 6.92 Å². The van der Waals surface area contributed by atoms with Crippen LogP contribution in [-0.4, -0.2) is 35.5 Å². The molecule has 1 rings (SSSR count). The van der Waals surface area contributed by atoms with E-state index in [1.807, 2.05) is 0 Å². The number of benzene rings is 1. The van der Waals surface area contributed by atoms with Crippen LogP contribution in [0.15, 0.2) is 24.3 Å². The van der Waals surface area contributed by atoms with Crippen molar-refractivity contribution >= 4 is 11.9 Å². The minimum atomic E-state index is -0.924. The molecule has 0 unspecified atom stereocenters. The van der Waals surface area contributed by atoms with Crippen molar-refractivity contribution in [1.29, 1.82) is 0 Å². The Labute approximate surface area is 94.5 Å². The van der Waals surface area contributed by atoms with Gasteiger partial charge in [0.25, 0.3) is 0 Å². The molecule has 4 nitrogen and oxygen atoms in total. The molecule has 4 heteroatoms. The topological polar surface area (TPSA) is 57.6 Å². The molecule has 86 valence electrons. The quantitative estimate of drug-likeness (QED) is 0.836. The van der Waals surface area contributed by atoms with E-state index in [9.17, 15) is 9.59 Å². The van der Waals surface area contributed by atoms with Crippen LogP contribution in [0.5, 0.6) is 0 Å². The second-order valence-corrected chi connectivity index (χ2v) is 3.69. The Balaban J connectivity index is 2.56. The highest BCUT2D eigenvalue weighted by Gasteiger charge is 2.04. The first-order valence-corrected chi connectivity index (χ1v) is 5.04. The van der Waals surface area contributed by atoms with E-state index in [2.05, 4.69) is 0 Å². The SMILES string of the molecule is CC(=O)N(C)CCc1ccc(C(=O)O)cc1. The first kappa shape index (κ1) is 12.2. The van der Waals surface area contributed by atoms with Crippen molar-refractivity contribution in [2.75, 3.05) is 13.6 Å². The summed E-state index contributed by atoms with van der Waals surface area (Å²) in [4.78, 5) is 23.2. The molecule has 0 aliphatic rings. The van der Waals surface area contributed by atoms with Crippen molar-refractivity contribution in [3.05, 3.63) is 35.4 Å². The second-order valence-electron chi connectivity index (χ2n) is 3.69. The zero-order valence-electron chi connectivity index (χ0n) is 9.43. The third-order valence-corrected chi connectivity index (χ3v) is 2.47. The summed E-state index contributed by atoms with van der Waals surface area (Å²) in [7, 11) is 1.74. The fraction of sp³-hybridized carbons (Fsp3) is 0.333. The van der Waals surface area contributed by atoms with Gasteiger partial charge in [-0.3, -0.25) is 4.79 Å². The maximum atomic E-state index is 11.0. The zero-order valence-corrected chi connectivity index (χ0v) is 9.43. The summed E-state index contributed by atoms with van der Waals surface area (Å²) in [5.41, 5.74) is 1.31. The van der Waals surface area contributed by atoms with E-state index in [0.29, 0.717) is 6.54 Å². The predicted octanol–water partition coefficient (Wildman–Crippen LogP) is 1.41. The number of hydrogen-bond acceptors (Lipinski definition) is 2. The van der Waals surface area contributed by atoms with Gasteiger partial charge in [0.1, 0.15) is 0 Å². The molecule has 0 saturated carbocycles. The van der Waals surface area contributed by atoms with Gasteiger partial charge in [-0.05, 0) is 24.1 Å². The Hall–Kier alpha value is -1.84. The molecule has 0 atom stereocenters. The van der Waals surface area contributed by atoms with Crippen LogP contribution in [0.25, 0.3) is 0 Å². The number of rotatable bonds is 4. The summed E-state index contributed by atoms with van der Waals surface area (Å²) in [6, 6.07) is 6.70.